The molecule has 0 aliphatic rings. The highest BCUT2D eigenvalue weighted by atomic mass is 79.9. The van der Waals surface area contributed by atoms with Crippen LogP contribution in [0.3, 0.4) is 0 Å². The van der Waals surface area contributed by atoms with Crippen LogP contribution in [0.5, 0.6) is 0 Å². The molecule has 0 fully saturated rings. The Labute approximate surface area is 90.1 Å². The summed E-state index contributed by atoms with van der Waals surface area (Å²) in [6, 6.07) is 0. The Balaban J connectivity index is 3.47. The maximum absolute atomic E-state index is 5.60. The third-order valence-electron chi connectivity index (χ3n) is 1.43. The summed E-state index contributed by atoms with van der Waals surface area (Å²) < 4.78 is 11.1. The molecule has 0 bridgehead atoms. The summed E-state index contributed by atoms with van der Waals surface area (Å²) in [6.07, 6.45) is 0. The highest BCUT2D eigenvalue weighted by Gasteiger charge is 2.16. The number of halogens is 1. The van der Waals surface area contributed by atoms with Crippen LogP contribution in [0.15, 0.2) is 0 Å². The van der Waals surface area contributed by atoms with Gasteiger partial charge in [0.25, 0.3) is 0 Å². The van der Waals surface area contributed by atoms with Gasteiger partial charge in [0.05, 0.1) is 24.4 Å². The number of hydrogen-bond acceptors (Lipinski definition) is 2. The minimum Gasteiger partial charge on any atom is -0.373 e. The van der Waals surface area contributed by atoms with E-state index in [1.807, 2.05) is 20.8 Å². The molecule has 0 aliphatic heterocycles. The fourth-order valence-corrected chi connectivity index (χ4v) is 0.866. The first-order chi connectivity index (χ1) is 5.77. The Kier molecular flexibility index (Phi) is 5.49. The molecule has 0 heterocycles. The van der Waals surface area contributed by atoms with Crippen molar-refractivity contribution in [3.63, 3.8) is 0 Å². The Hall–Kier alpha value is 0.400. The minimum absolute atomic E-state index is 0.0676. The van der Waals surface area contributed by atoms with Crippen molar-refractivity contribution in [1.29, 1.82) is 0 Å². The van der Waals surface area contributed by atoms with E-state index >= 15 is 0 Å². The van der Waals surface area contributed by atoms with Crippen molar-refractivity contribution in [3.05, 3.63) is 0 Å². The zero-order chi connectivity index (χ0) is 10.5. The molecule has 0 unspecified atom stereocenters. The minimum atomic E-state index is -0.0960. The fraction of sp³-hybridized carbons (Fsp3) is 1.00. The molecule has 0 amide bonds. The topological polar surface area (TPSA) is 18.5 Å². The Morgan fingerprint density at radius 1 is 0.923 bits per heavy atom. The number of ether oxygens (including phenoxy) is 2. The highest BCUT2D eigenvalue weighted by Crippen LogP contribution is 2.12. The number of hydrogen-bond donors (Lipinski definition) is 0. The Bertz CT molecular complexity index is 138. The Morgan fingerprint density at radius 2 is 1.38 bits per heavy atom. The van der Waals surface area contributed by atoms with Crippen molar-refractivity contribution < 1.29 is 9.47 Å². The van der Waals surface area contributed by atoms with E-state index < -0.39 is 0 Å². The van der Waals surface area contributed by atoms with Crippen molar-refractivity contribution in [3.8, 4) is 0 Å². The van der Waals surface area contributed by atoms with E-state index in [2.05, 4.69) is 29.8 Å². The van der Waals surface area contributed by atoms with Crippen molar-refractivity contribution in [2.24, 2.45) is 0 Å². The van der Waals surface area contributed by atoms with Gasteiger partial charge in [0.2, 0.25) is 0 Å². The summed E-state index contributed by atoms with van der Waals surface area (Å²) in [5, 5.41) is 0.843. The fourth-order valence-electron chi connectivity index (χ4n) is 0.704. The maximum Gasteiger partial charge on any atom is 0.0724 e. The molecule has 0 aromatic heterocycles. The van der Waals surface area contributed by atoms with Gasteiger partial charge in [0.1, 0.15) is 0 Å². The summed E-state index contributed by atoms with van der Waals surface area (Å²) >= 11 is 3.40. The molecular weight excluding hydrogens is 232 g/mol. The normalized spacial score (nSPS) is 13.4. The van der Waals surface area contributed by atoms with Gasteiger partial charge in [-0.3, -0.25) is 0 Å². The van der Waals surface area contributed by atoms with Crippen LogP contribution in [0.2, 0.25) is 0 Å². The van der Waals surface area contributed by atoms with E-state index in [-0.39, 0.29) is 11.2 Å². The van der Waals surface area contributed by atoms with Gasteiger partial charge in [-0.25, -0.2) is 0 Å². The SMILES string of the molecule is CC(C)(C)OCCOC(C)(C)CBr. The molecule has 0 aromatic rings. The smallest absolute Gasteiger partial charge is 0.0724 e. The molecule has 2 nitrogen and oxygen atoms in total. The van der Waals surface area contributed by atoms with Crippen molar-refractivity contribution >= 4 is 15.9 Å². The van der Waals surface area contributed by atoms with E-state index in [1.54, 1.807) is 0 Å². The number of rotatable bonds is 5. The molecule has 0 rings (SSSR count). The van der Waals surface area contributed by atoms with Gasteiger partial charge in [0, 0.05) is 5.33 Å². The summed E-state index contributed by atoms with van der Waals surface area (Å²) in [4.78, 5) is 0. The second-order valence-corrected chi connectivity index (χ2v) is 5.26. The van der Waals surface area contributed by atoms with Crippen LogP contribution in [0.1, 0.15) is 34.6 Å². The molecule has 13 heavy (non-hydrogen) atoms. The lowest BCUT2D eigenvalue weighted by molar-refractivity contribution is -0.0699. The van der Waals surface area contributed by atoms with E-state index in [4.69, 9.17) is 9.47 Å². The standard InChI is InChI=1S/C10H21BrO2/c1-9(2,3)12-6-7-13-10(4,5)8-11/h6-8H2,1-5H3. The van der Waals surface area contributed by atoms with Gasteiger partial charge in [0.15, 0.2) is 0 Å². The second-order valence-electron chi connectivity index (χ2n) is 4.70. The zero-order valence-corrected chi connectivity index (χ0v) is 10.9. The molecule has 0 aliphatic carbocycles. The summed E-state index contributed by atoms with van der Waals surface area (Å²) in [7, 11) is 0. The van der Waals surface area contributed by atoms with Gasteiger partial charge < -0.3 is 9.47 Å². The first kappa shape index (κ1) is 13.4. The molecule has 0 saturated heterocycles. The Morgan fingerprint density at radius 3 is 1.77 bits per heavy atom. The largest absolute Gasteiger partial charge is 0.373 e. The van der Waals surface area contributed by atoms with Gasteiger partial charge >= 0.3 is 0 Å². The molecular formula is C10H21BrO2. The first-order valence-corrected chi connectivity index (χ1v) is 5.73. The van der Waals surface area contributed by atoms with Crippen LogP contribution in [0.4, 0.5) is 0 Å². The van der Waals surface area contributed by atoms with Crippen LogP contribution < -0.4 is 0 Å². The van der Waals surface area contributed by atoms with Crippen molar-refractivity contribution in [1.82, 2.24) is 0 Å². The quantitative estimate of drug-likeness (QED) is 0.554. The average Bonchev–Trinajstić information content (AvgIpc) is 1.97. The summed E-state index contributed by atoms with van der Waals surface area (Å²) in [5.41, 5.74) is -0.164. The van der Waals surface area contributed by atoms with Gasteiger partial charge in [-0.1, -0.05) is 15.9 Å². The molecule has 0 radical (unpaired) electrons. The molecule has 80 valence electrons. The molecule has 0 spiro atoms. The molecule has 0 atom stereocenters. The monoisotopic (exact) mass is 252 g/mol. The predicted molar refractivity (Wildman–Crippen MR) is 59.5 cm³/mol. The van der Waals surface area contributed by atoms with E-state index in [0.717, 1.165) is 5.33 Å². The lowest BCUT2D eigenvalue weighted by Crippen LogP contribution is -2.29. The van der Waals surface area contributed by atoms with Crippen LogP contribution in [0, 0.1) is 0 Å². The van der Waals surface area contributed by atoms with E-state index in [0.29, 0.717) is 13.2 Å². The van der Waals surface area contributed by atoms with Crippen molar-refractivity contribution in [2.45, 2.75) is 45.8 Å². The second kappa shape index (κ2) is 5.32. The number of alkyl halides is 1. The van der Waals surface area contributed by atoms with Crippen LogP contribution in [-0.4, -0.2) is 29.7 Å². The predicted octanol–water partition coefficient (Wildman–Crippen LogP) is 2.99. The molecule has 0 aromatic carbocycles. The maximum atomic E-state index is 5.60. The van der Waals surface area contributed by atoms with Gasteiger partial charge in [-0.15, -0.1) is 0 Å². The highest BCUT2D eigenvalue weighted by molar-refractivity contribution is 9.09. The average molecular weight is 253 g/mol. The van der Waals surface area contributed by atoms with Gasteiger partial charge in [-0.2, -0.15) is 0 Å². The van der Waals surface area contributed by atoms with Crippen LogP contribution >= 0.6 is 15.9 Å². The lowest BCUT2D eigenvalue weighted by atomic mass is 10.2. The van der Waals surface area contributed by atoms with E-state index in [9.17, 15) is 0 Å². The third kappa shape index (κ3) is 8.72. The zero-order valence-electron chi connectivity index (χ0n) is 9.32. The molecule has 0 N–H and O–H groups in total. The third-order valence-corrected chi connectivity index (χ3v) is 2.78. The summed E-state index contributed by atoms with van der Waals surface area (Å²) in [5.74, 6) is 0. The molecule has 0 saturated carbocycles. The summed E-state index contributed by atoms with van der Waals surface area (Å²) in [6.45, 7) is 11.5. The van der Waals surface area contributed by atoms with Crippen LogP contribution in [0.25, 0.3) is 0 Å². The first-order valence-electron chi connectivity index (χ1n) is 4.61. The van der Waals surface area contributed by atoms with Crippen molar-refractivity contribution in [2.75, 3.05) is 18.5 Å². The lowest BCUT2D eigenvalue weighted by Gasteiger charge is -2.24. The molecule has 3 heteroatoms. The van der Waals surface area contributed by atoms with Gasteiger partial charge in [-0.05, 0) is 34.6 Å². The van der Waals surface area contributed by atoms with E-state index in [1.165, 1.54) is 0 Å². The van der Waals surface area contributed by atoms with Crippen LogP contribution in [-0.2, 0) is 9.47 Å².